The van der Waals surface area contributed by atoms with Crippen LogP contribution in [0.5, 0.6) is 0 Å². The molecule has 0 radical (unpaired) electrons. The van der Waals surface area contributed by atoms with Crippen molar-refractivity contribution in [2.75, 3.05) is 29.6 Å². The van der Waals surface area contributed by atoms with Crippen molar-refractivity contribution in [2.24, 2.45) is 0 Å². The number of aromatic nitrogens is 2. The summed E-state index contributed by atoms with van der Waals surface area (Å²) in [5.41, 5.74) is 1.51. The zero-order valence-corrected chi connectivity index (χ0v) is 13.9. The Labute approximate surface area is 131 Å². The van der Waals surface area contributed by atoms with E-state index in [1.54, 1.807) is 0 Å². The van der Waals surface area contributed by atoms with Gasteiger partial charge in [0.2, 0.25) is 0 Å². The van der Waals surface area contributed by atoms with Crippen molar-refractivity contribution in [1.82, 2.24) is 9.97 Å². The van der Waals surface area contributed by atoms with E-state index in [-0.39, 0.29) is 0 Å². The summed E-state index contributed by atoms with van der Waals surface area (Å²) >= 11 is 5.92. The highest BCUT2D eigenvalue weighted by Crippen LogP contribution is 2.42. The van der Waals surface area contributed by atoms with Gasteiger partial charge in [-0.1, -0.05) is 0 Å². The predicted molar refractivity (Wildman–Crippen MR) is 91.5 cm³/mol. The molecule has 1 aliphatic carbocycles. The van der Waals surface area contributed by atoms with Gasteiger partial charge in [0.1, 0.15) is 16.5 Å². The third-order valence-corrected chi connectivity index (χ3v) is 7.86. The standard InChI is InChI=1S/C14H17N3S3/c1-15-13-11-8-3-2-4-9(8)20-14(11)17-12(16-13)10-7-18-5-6-19-10/h10H,2-7H2,1H3,(H,15,16,17). The topological polar surface area (TPSA) is 37.8 Å². The van der Waals surface area contributed by atoms with E-state index in [2.05, 4.69) is 5.32 Å². The molecule has 1 aliphatic heterocycles. The maximum atomic E-state index is 4.90. The first-order chi connectivity index (χ1) is 9.86. The second kappa shape index (κ2) is 5.39. The molecule has 2 aromatic rings. The van der Waals surface area contributed by atoms with E-state index >= 15 is 0 Å². The third-order valence-electron chi connectivity index (χ3n) is 3.92. The van der Waals surface area contributed by atoms with Gasteiger partial charge in [-0.25, -0.2) is 9.97 Å². The van der Waals surface area contributed by atoms with Gasteiger partial charge in [0.15, 0.2) is 0 Å². The highest BCUT2D eigenvalue weighted by Gasteiger charge is 2.25. The van der Waals surface area contributed by atoms with Gasteiger partial charge in [-0.2, -0.15) is 11.8 Å². The summed E-state index contributed by atoms with van der Waals surface area (Å²) < 4.78 is 0. The monoisotopic (exact) mass is 323 g/mol. The number of thiophene rings is 1. The molecular weight excluding hydrogens is 306 g/mol. The van der Waals surface area contributed by atoms with Gasteiger partial charge in [0.05, 0.1) is 10.6 Å². The molecule has 6 heteroatoms. The second-order valence-electron chi connectivity index (χ2n) is 5.15. The Morgan fingerprint density at radius 1 is 1.20 bits per heavy atom. The SMILES string of the molecule is CNc1nc(C2CSCCS2)nc2sc3c(c12)CCC3. The molecule has 1 fully saturated rings. The first-order valence-corrected chi connectivity index (χ1v) is 10.1. The van der Waals surface area contributed by atoms with E-state index in [0.29, 0.717) is 5.25 Å². The quantitative estimate of drug-likeness (QED) is 0.911. The van der Waals surface area contributed by atoms with E-state index in [0.717, 1.165) is 17.4 Å². The van der Waals surface area contributed by atoms with Crippen LogP contribution in [0.3, 0.4) is 0 Å². The molecule has 1 atom stereocenters. The molecule has 1 unspecified atom stereocenters. The number of hydrogen-bond donors (Lipinski definition) is 1. The minimum absolute atomic E-state index is 0.460. The van der Waals surface area contributed by atoms with Crippen molar-refractivity contribution in [3.63, 3.8) is 0 Å². The molecule has 1 N–H and O–H groups in total. The average molecular weight is 324 g/mol. The van der Waals surface area contributed by atoms with E-state index < -0.39 is 0 Å². The highest BCUT2D eigenvalue weighted by molar-refractivity contribution is 8.06. The largest absolute Gasteiger partial charge is 0.372 e. The van der Waals surface area contributed by atoms with Crippen molar-refractivity contribution in [3.8, 4) is 0 Å². The summed E-state index contributed by atoms with van der Waals surface area (Å²) in [6.07, 6.45) is 3.71. The smallest absolute Gasteiger partial charge is 0.146 e. The van der Waals surface area contributed by atoms with Crippen LogP contribution in [0, 0.1) is 0 Å². The Balaban J connectivity index is 1.84. The zero-order chi connectivity index (χ0) is 13.5. The van der Waals surface area contributed by atoms with E-state index in [9.17, 15) is 0 Å². The van der Waals surface area contributed by atoms with Crippen LogP contribution in [0.15, 0.2) is 0 Å². The van der Waals surface area contributed by atoms with E-state index in [1.807, 2.05) is 41.9 Å². The number of thioether (sulfide) groups is 2. The fourth-order valence-corrected chi connectivity index (χ4v) is 6.84. The van der Waals surface area contributed by atoms with E-state index in [4.69, 9.17) is 9.97 Å². The molecule has 20 heavy (non-hydrogen) atoms. The van der Waals surface area contributed by atoms with Crippen LogP contribution in [0.25, 0.3) is 10.2 Å². The summed E-state index contributed by atoms with van der Waals surface area (Å²) in [7, 11) is 1.98. The Hall–Kier alpha value is -0.460. The molecule has 0 bridgehead atoms. The first-order valence-electron chi connectivity index (χ1n) is 7.06. The van der Waals surface area contributed by atoms with Crippen LogP contribution in [0.1, 0.15) is 27.9 Å². The molecule has 0 saturated carbocycles. The molecule has 0 amide bonds. The third kappa shape index (κ3) is 2.12. The lowest BCUT2D eigenvalue weighted by Gasteiger charge is -2.20. The van der Waals surface area contributed by atoms with Gasteiger partial charge >= 0.3 is 0 Å². The number of anilines is 1. The molecule has 106 valence electrons. The van der Waals surface area contributed by atoms with E-state index in [1.165, 1.54) is 51.4 Å². The van der Waals surface area contributed by atoms with Crippen molar-refractivity contribution in [2.45, 2.75) is 24.5 Å². The molecule has 4 rings (SSSR count). The Morgan fingerprint density at radius 2 is 2.15 bits per heavy atom. The number of rotatable bonds is 2. The maximum Gasteiger partial charge on any atom is 0.146 e. The summed E-state index contributed by atoms with van der Waals surface area (Å²) in [6.45, 7) is 0. The fourth-order valence-electron chi connectivity index (χ4n) is 2.97. The number of nitrogens with one attached hydrogen (secondary N) is 1. The summed E-state index contributed by atoms with van der Waals surface area (Å²) in [5, 5.41) is 5.06. The van der Waals surface area contributed by atoms with Crippen molar-refractivity contribution in [3.05, 3.63) is 16.3 Å². The van der Waals surface area contributed by atoms with Crippen LogP contribution in [0.2, 0.25) is 0 Å². The second-order valence-corrected chi connectivity index (χ2v) is 8.70. The first kappa shape index (κ1) is 13.2. The van der Waals surface area contributed by atoms with Crippen LogP contribution in [0.4, 0.5) is 5.82 Å². The Bertz CT molecular complexity index is 647. The lowest BCUT2D eigenvalue weighted by Crippen LogP contribution is -2.11. The van der Waals surface area contributed by atoms with Crippen LogP contribution in [-0.4, -0.2) is 34.3 Å². The van der Waals surface area contributed by atoms with Crippen molar-refractivity contribution < 1.29 is 0 Å². The lowest BCUT2D eigenvalue weighted by atomic mass is 10.2. The molecule has 2 aromatic heterocycles. The average Bonchev–Trinajstić information content (AvgIpc) is 3.07. The Kier molecular flexibility index (Phi) is 3.56. The molecule has 1 saturated heterocycles. The van der Waals surface area contributed by atoms with Gasteiger partial charge in [-0.05, 0) is 24.8 Å². The number of hydrogen-bond acceptors (Lipinski definition) is 6. The van der Waals surface area contributed by atoms with Gasteiger partial charge < -0.3 is 5.32 Å². The number of fused-ring (bicyclic) bond motifs is 3. The molecule has 0 aromatic carbocycles. The summed E-state index contributed by atoms with van der Waals surface area (Å²) in [5.74, 6) is 5.69. The minimum Gasteiger partial charge on any atom is -0.372 e. The number of aryl methyl sites for hydroxylation is 2. The number of nitrogens with zero attached hydrogens (tertiary/aromatic N) is 2. The highest BCUT2D eigenvalue weighted by atomic mass is 32.2. The Morgan fingerprint density at radius 3 is 2.95 bits per heavy atom. The maximum absolute atomic E-state index is 4.90. The van der Waals surface area contributed by atoms with Gasteiger partial charge in [0, 0.05) is 29.2 Å². The van der Waals surface area contributed by atoms with Gasteiger partial charge in [0.25, 0.3) is 0 Å². The van der Waals surface area contributed by atoms with Gasteiger partial charge in [-0.15, -0.1) is 23.1 Å². The van der Waals surface area contributed by atoms with Crippen molar-refractivity contribution >= 4 is 50.9 Å². The minimum atomic E-state index is 0.460. The molecular formula is C14H17N3S3. The van der Waals surface area contributed by atoms with Crippen LogP contribution in [-0.2, 0) is 12.8 Å². The summed E-state index contributed by atoms with van der Waals surface area (Å²) in [4.78, 5) is 12.5. The van der Waals surface area contributed by atoms with Crippen LogP contribution >= 0.6 is 34.9 Å². The molecule has 3 nitrogen and oxygen atoms in total. The van der Waals surface area contributed by atoms with Crippen LogP contribution < -0.4 is 5.32 Å². The van der Waals surface area contributed by atoms with Gasteiger partial charge in [-0.3, -0.25) is 0 Å². The fraction of sp³-hybridized carbons (Fsp3) is 0.571. The lowest BCUT2D eigenvalue weighted by molar-refractivity contribution is 0.914. The molecule has 2 aliphatic rings. The predicted octanol–water partition coefficient (Wildman–Crippen LogP) is 3.74. The molecule has 0 spiro atoms. The normalized spacial score (nSPS) is 22.1. The zero-order valence-electron chi connectivity index (χ0n) is 11.4. The van der Waals surface area contributed by atoms with Crippen molar-refractivity contribution in [1.29, 1.82) is 0 Å². The molecule has 3 heterocycles. The summed E-state index contributed by atoms with van der Waals surface area (Å²) in [6, 6.07) is 0.